The van der Waals surface area contributed by atoms with Crippen LogP contribution in [0, 0.1) is 5.92 Å². The maximum Gasteiger partial charge on any atom is 0.00929 e. The van der Waals surface area contributed by atoms with Crippen LogP contribution in [-0.2, 0) is 0 Å². The zero-order valence-electron chi connectivity index (χ0n) is 10.5. The van der Waals surface area contributed by atoms with Crippen molar-refractivity contribution in [3.63, 3.8) is 0 Å². The first-order valence-corrected chi connectivity index (χ1v) is 6.74. The fourth-order valence-electron chi connectivity index (χ4n) is 2.68. The van der Waals surface area contributed by atoms with Crippen LogP contribution in [0.3, 0.4) is 0 Å². The van der Waals surface area contributed by atoms with Gasteiger partial charge in [0.25, 0.3) is 0 Å². The van der Waals surface area contributed by atoms with Gasteiger partial charge in [0.1, 0.15) is 0 Å². The van der Waals surface area contributed by atoms with Crippen molar-refractivity contribution in [1.82, 2.24) is 5.32 Å². The minimum atomic E-state index is 0.541. The molecule has 0 unspecified atom stereocenters. The third-order valence-corrected chi connectivity index (χ3v) is 3.84. The smallest absolute Gasteiger partial charge is 0.00929 e. The molecule has 1 N–H and O–H groups in total. The fraction of sp³-hybridized carbons (Fsp3) is 0.294. The first kappa shape index (κ1) is 11.5. The molecular weight excluding hydrogens is 218 g/mol. The molecule has 2 aromatic rings. The molecule has 1 aliphatic rings. The van der Waals surface area contributed by atoms with Crippen LogP contribution in [0.1, 0.15) is 23.5 Å². The minimum absolute atomic E-state index is 0.541. The van der Waals surface area contributed by atoms with E-state index < -0.39 is 0 Å². The van der Waals surface area contributed by atoms with E-state index >= 15 is 0 Å². The van der Waals surface area contributed by atoms with Gasteiger partial charge in [0.2, 0.25) is 0 Å². The maximum atomic E-state index is 3.37. The average Bonchev–Trinajstić information content (AvgIpc) is 2.40. The van der Waals surface area contributed by atoms with Crippen LogP contribution >= 0.6 is 0 Å². The highest BCUT2D eigenvalue weighted by atomic mass is 14.9. The number of nitrogens with one attached hydrogen (secondary N) is 1. The van der Waals surface area contributed by atoms with E-state index in [1.54, 1.807) is 0 Å². The summed E-state index contributed by atoms with van der Waals surface area (Å²) in [6.07, 6.45) is 1.25. The highest BCUT2D eigenvalue weighted by Crippen LogP contribution is 2.31. The third-order valence-electron chi connectivity index (χ3n) is 3.84. The van der Waals surface area contributed by atoms with E-state index in [1.807, 2.05) is 0 Å². The average molecular weight is 237 g/mol. The van der Waals surface area contributed by atoms with Crippen LogP contribution in [0.5, 0.6) is 0 Å². The second-order valence-electron chi connectivity index (χ2n) is 5.13. The monoisotopic (exact) mass is 237 g/mol. The van der Waals surface area contributed by atoms with Gasteiger partial charge in [-0.2, -0.15) is 0 Å². The Labute approximate surface area is 109 Å². The standard InChI is InChI=1S/C17H19N/c1-3-7-15(8-4-1)17(11-14-12-18-13-14)16-9-5-2-6-10-16/h1-10,14,17-18H,11-13H2. The summed E-state index contributed by atoms with van der Waals surface area (Å²) in [6.45, 7) is 2.35. The van der Waals surface area contributed by atoms with E-state index in [-0.39, 0.29) is 0 Å². The molecule has 1 heterocycles. The summed E-state index contributed by atoms with van der Waals surface area (Å²) >= 11 is 0. The van der Waals surface area contributed by atoms with Crippen LogP contribution in [-0.4, -0.2) is 13.1 Å². The first-order valence-electron chi connectivity index (χ1n) is 6.74. The summed E-state index contributed by atoms with van der Waals surface area (Å²) in [5.41, 5.74) is 2.88. The molecule has 1 saturated heterocycles. The highest BCUT2D eigenvalue weighted by Gasteiger charge is 2.23. The molecule has 0 saturated carbocycles. The summed E-state index contributed by atoms with van der Waals surface area (Å²) in [4.78, 5) is 0. The summed E-state index contributed by atoms with van der Waals surface area (Å²) < 4.78 is 0. The Bertz CT molecular complexity index is 434. The number of benzene rings is 2. The van der Waals surface area contributed by atoms with Crippen molar-refractivity contribution >= 4 is 0 Å². The summed E-state index contributed by atoms with van der Waals surface area (Å²) in [5.74, 6) is 1.37. The molecule has 0 amide bonds. The summed E-state index contributed by atoms with van der Waals surface area (Å²) in [6, 6.07) is 21.8. The minimum Gasteiger partial charge on any atom is -0.316 e. The van der Waals surface area contributed by atoms with E-state index in [4.69, 9.17) is 0 Å². The van der Waals surface area contributed by atoms with Gasteiger partial charge >= 0.3 is 0 Å². The van der Waals surface area contributed by atoms with E-state index in [9.17, 15) is 0 Å². The molecule has 1 nitrogen and oxygen atoms in total. The quantitative estimate of drug-likeness (QED) is 0.859. The third kappa shape index (κ3) is 2.46. The second-order valence-corrected chi connectivity index (χ2v) is 5.13. The van der Waals surface area contributed by atoms with Gasteiger partial charge in [-0.3, -0.25) is 0 Å². The maximum absolute atomic E-state index is 3.37. The SMILES string of the molecule is c1ccc(C(CC2CNC2)c2ccccc2)cc1. The number of hydrogen-bond donors (Lipinski definition) is 1. The molecule has 0 spiro atoms. The zero-order valence-corrected chi connectivity index (χ0v) is 10.5. The predicted octanol–water partition coefficient (Wildman–Crippen LogP) is 3.43. The van der Waals surface area contributed by atoms with Gasteiger partial charge in [-0.1, -0.05) is 60.7 Å². The summed E-state index contributed by atoms with van der Waals surface area (Å²) in [5, 5.41) is 3.37. The summed E-state index contributed by atoms with van der Waals surface area (Å²) in [7, 11) is 0. The van der Waals surface area contributed by atoms with Crippen molar-refractivity contribution in [3.8, 4) is 0 Å². The predicted molar refractivity (Wildman–Crippen MR) is 75.7 cm³/mol. The number of hydrogen-bond acceptors (Lipinski definition) is 1. The van der Waals surface area contributed by atoms with E-state index in [0.29, 0.717) is 5.92 Å². The van der Waals surface area contributed by atoms with Crippen molar-refractivity contribution in [2.75, 3.05) is 13.1 Å². The molecular formula is C17H19N. The molecule has 0 bridgehead atoms. The van der Waals surface area contributed by atoms with Crippen molar-refractivity contribution in [2.45, 2.75) is 12.3 Å². The van der Waals surface area contributed by atoms with Gasteiger partial charge in [0, 0.05) is 5.92 Å². The topological polar surface area (TPSA) is 12.0 Å². The van der Waals surface area contributed by atoms with E-state index in [2.05, 4.69) is 66.0 Å². The molecule has 3 rings (SSSR count). The first-order chi connectivity index (χ1) is 8.93. The van der Waals surface area contributed by atoms with E-state index in [0.717, 1.165) is 5.92 Å². The molecule has 0 atom stereocenters. The lowest BCUT2D eigenvalue weighted by Gasteiger charge is -2.31. The molecule has 0 aliphatic carbocycles. The molecule has 0 aromatic heterocycles. The van der Waals surface area contributed by atoms with Crippen LogP contribution < -0.4 is 5.32 Å². The van der Waals surface area contributed by atoms with Gasteiger partial charge in [-0.15, -0.1) is 0 Å². The van der Waals surface area contributed by atoms with Gasteiger partial charge in [-0.05, 0) is 36.6 Å². The van der Waals surface area contributed by atoms with Crippen LogP contribution in [0.2, 0.25) is 0 Å². The Morgan fingerprint density at radius 2 is 1.33 bits per heavy atom. The van der Waals surface area contributed by atoms with E-state index in [1.165, 1.54) is 30.6 Å². The van der Waals surface area contributed by atoms with Crippen LogP contribution in [0.25, 0.3) is 0 Å². The highest BCUT2D eigenvalue weighted by molar-refractivity contribution is 5.32. The Kier molecular flexibility index (Phi) is 3.42. The van der Waals surface area contributed by atoms with Crippen molar-refractivity contribution in [3.05, 3.63) is 71.8 Å². The molecule has 1 heteroatoms. The molecule has 1 fully saturated rings. The molecule has 1 aliphatic heterocycles. The van der Waals surface area contributed by atoms with Gasteiger partial charge in [0.15, 0.2) is 0 Å². The molecule has 18 heavy (non-hydrogen) atoms. The van der Waals surface area contributed by atoms with Crippen LogP contribution in [0.15, 0.2) is 60.7 Å². The van der Waals surface area contributed by atoms with Gasteiger partial charge in [0.05, 0.1) is 0 Å². The normalized spacial score (nSPS) is 15.6. The lowest BCUT2D eigenvalue weighted by Crippen LogP contribution is -2.42. The number of rotatable bonds is 4. The molecule has 92 valence electrons. The van der Waals surface area contributed by atoms with Crippen molar-refractivity contribution < 1.29 is 0 Å². The Morgan fingerprint density at radius 1 is 0.833 bits per heavy atom. The largest absolute Gasteiger partial charge is 0.316 e. The zero-order chi connectivity index (χ0) is 12.2. The lowest BCUT2D eigenvalue weighted by molar-refractivity contribution is 0.315. The Hall–Kier alpha value is -1.60. The Balaban J connectivity index is 1.88. The second kappa shape index (κ2) is 5.36. The van der Waals surface area contributed by atoms with Crippen molar-refractivity contribution in [2.24, 2.45) is 5.92 Å². The van der Waals surface area contributed by atoms with Crippen LogP contribution in [0.4, 0.5) is 0 Å². The van der Waals surface area contributed by atoms with Gasteiger partial charge in [-0.25, -0.2) is 0 Å². The fourth-order valence-corrected chi connectivity index (χ4v) is 2.68. The lowest BCUT2D eigenvalue weighted by atomic mass is 9.82. The Morgan fingerprint density at radius 3 is 1.72 bits per heavy atom. The molecule has 2 aromatic carbocycles. The van der Waals surface area contributed by atoms with Gasteiger partial charge < -0.3 is 5.32 Å². The molecule has 0 radical (unpaired) electrons. The van der Waals surface area contributed by atoms with Crippen molar-refractivity contribution in [1.29, 1.82) is 0 Å².